The first-order chi connectivity index (χ1) is 12.9. The molecule has 0 radical (unpaired) electrons. The quantitative estimate of drug-likeness (QED) is 0.570. The van der Waals surface area contributed by atoms with Crippen molar-refractivity contribution in [2.24, 2.45) is 0 Å². The van der Waals surface area contributed by atoms with Crippen molar-refractivity contribution in [3.05, 3.63) is 45.8 Å². The number of esters is 2. The molecule has 2 rings (SSSR count). The van der Waals surface area contributed by atoms with Crippen LogP contribution < -0.4 is 10.1 Å². The Bertz CT molecular complexity index is 871. The molecule has 9 heteroatoms. The number of carbonyl (C=O) groups is 4. The Labute approximate surface area is 159 Å². The molecule has 27 heavy (non-hydrogen) atoms. The summed E-state index contributed by atoms with van der Waals surface area (Å²) in [6.45, 7) is 1.24. The lowest BCUT2D eigenvalue weighted by Gasteiger charge is -2.08. The molecule has 1 amide bonds. The number of aldehydes is 1. The van der Waals surface area contributed by atoms with Gasteiger partial charge in [-0.3, -0.25) is 9.59 Å². The first-order valence-corrected chi connectivity index (χ1v) is 8.50. The van der Waals surface area contributed by atoms with E-state index < -0.39 is 17.8 Å². The second-order valence-corrected chi connectivity index (χ2v) is 6.29. The van der Waals surface area contributed by atoms with E-state index in [2.05, 4.69) is 10.1 Å². The van der Waals surface area contributed by atoms with Crippen molar-refractivity contribution in [2.75, 3.05) is 26.1 Å². The summed E-state index contributed by atoms with van der Waals surface area (Å²) in [5.74, 6) is -1.42. The van der Waals surface area contributed by atoms with Crippen LogP contribution in [0, 0.1) is 6.92 Å². The van der Waals surface area contributed by atoms with Crippen molar-refractivity contribution in [1.29, 1.82) is 0 Å². The van der Waals surface area contributed by atoms with Gasteiger partial charge in [0.15, 0.2) is 6.61 Å². The first-order valence-electron chi connectivity index (χ1n) is 7.69. The lowest BCUT2D eigenvalue weighted by molar-refractivity contribution is -0.118. The van der Waals surface area contributed by atoms with E-state index in [-0.39, 0.29) is 22.0 Å². The van der Waals surface area contributed by atoms with Crippen LogP contribution in [0.5, 0.6) is 5.75 Å². The normalized spacial score (nSPS) is 10.0. The molecule has 0 aliphatic carbocycles. The summed E-state index contributed by atoms with van der Waals surface area (Å²) in [4.78, 5) is 46.8. The number of carbonyl (C=O) groups excluding carboxylic acids is 4. The van der Waals surface area contributed by atoms with Gasteiger partial charge in [0.05, 0.1) is 19.8 Å². The molecule has 1 heterocycles. The van der Waals surface area contributed by atoms with Gasteiger partial charge < -0.3 is 19.5 Å². The zero-order valence-electron chi connectivity index (χ0n) is 14.9. The molecule has 8 nitrogen and oxygen atoms in total. The number of nitrogens with one attached hydrogen (secondary N) is 1. The van der Waals surface area contributed by atoms with E-state index >= 15 is 0 Å². The maximum absolute atomic E-state index is 12.2. The van der Waals surface area contributed by atoms with E-state index in [1.807, 2.05) is 0 Å². The molecule has 1 aromatic heterocycles. The second kappa shape index (κ2) is 8.95. The third kappa shape index (κ3) is 4.70. The average molecular weight is 391 g/mol. The minimum Gasteiger partial charge on any atom is -0.484 e. The minimum absolute atomic E-state index is 0.0894. The van der Waals surface area contributed by atoms with E-state index in [9.17, 15) is 19.2 Å². The number of rotatable bonds is 7. The van der Waals surface area contributed by atoms with Crippen LogP contribution in [0.4, 0.5) is 5.00 Å². The molecule has 2 aromatic rings. The van der Waals surface area contributed by atoms with Crippen LogP contribution in [0.3, 0.4) is 0 Å². The Balaban J connectivity index is 2.14. The van der Waals surface area contributed by atoms with Crippen molar-refractivity contribution in [2.45, 2.75) is 6.92 Å². The van der Waals surface area contributed by atoms with E-state index in [4.69, 9.17) is 9.47 Å². The van der Waals surface area contributed by atoms with Crippen LogP contribution in [-0.4, -0.2) is 45.0 Å². The summed E-state index contributed by atoms with van der Waals surface area (Å²) in [6.07, 6.45) is 0.697. The highest BCUT2D eigenvalue weighted by Crippen LogP contribution is 2.34. The Hall–Kier alpha value is -3.20. The van der Waals surface area contributed by atoms with E-state index in [0.29, 0.717) is 23.2 Å². The van der Waals surface area contributed by atoms with Gasteiger partial charge in [-0.15, -0.1) is 11.3 Å². The molecule has 0 spiro atoms. The van der Waals surface area contributed by atoms with Crippen LogP contribution in [-0.2, 0) is 14.3 Å². The molecule has 1 N–H and O–H groups in total. The Morgan fingerprint density at radius 1 is 1.07 bits per heavy atom. The molecule has 0 unspecified atom stereocenters. The standard InChI is InChI=1S/C18H17NO7S/c1-10-14(17(22)24-2)16(27-15(10)18(23)25-3)19-13(21)9-26-12-6-4-11(8-20)5-7-12/h4-8H,9H2,1-3H3,(H,19,21). The summed E-state index contributed by atoms with van der Waals surface area (Å²) in [5.41, 5.74) is 0.935. The summed E-state index contributed by atoms with van der Waals surface area (Å²) in [6, 6.07) is 6.23. The molecule has 142 valence electrons. The molecule has 0 aliphatic rings. The monoisotopic (exact) mass is 391 g/mol. The van der Waals surface area contributed by atoms with Crippen molar-refractivity contribution in [3.8, 4) is 5.75 Å². The first kappa shape index (κ1) is 20.1. The lowest BCUT2D eigenvalue weighted by atomic mass is 10.1. The number of anilines is 1. The zero-order chi connectivity index (χ0) is 20.0. The Morgan fingerprint density at radius 3 is 2.26 bits per heavy atom. The molecule has 1 aromatic carbocycles. The van der Waals surface area contributed by atoms with E-state index in [0.717, 1.165) is 11.3 Å². The van der Waals surface area contributed by atoms with Crippen molar-refractivity contribution >= 4 is 40.5 Å². The molecule has 0 saturated heterocycles. The highest BCUT2D eigenvalue weighted by Gasteiger charge is 2.26. The topological polar surface area (TPSA) is 108 Å². The van der Waals surface area contributed by atoms with Crippen LogP contribution in [0.1, 0.15) is 36.0 Å². The maximum Gasteiger partial charge on any atom is 0.348 e. The number of methoxy groups -OCH3 is 2. The van der Waals surface area contributed by atoms with E-state index in [1.165, 1.54) is 14.2 Å². The van der Waals surface area contributed by atoms with Gasteiger partial charge >= 0.3 is 11.9 Å². The predicted molar refractivity (Wildman–Crippen MR) is 97.7 cm³/mol. The summed E-state index contributed by atoms with van der Waals surface area (Å²) >= 11 is 0.916. The molecule has 0 saturated carbocycles. The molecular weight excluding hydrogens is 374 g/mol. The minimum atomic E-state index is -0.681. The SMILES string of the molecule is COC(=O)c1sc(NC(=O)COc2ccc(C=O)cc2)c(C(=O)OC)c1C. The van der Waals surface area contributed by atoms with Gasteiger partial charge in [-0.05, 0) is 36.8 Å². The van der Waals surface area contributed by atoms with Crippen LogP contribution >= 0.6 is 11.3 Å². The fourth-order valence-corrected chi connectivity index (χ4v) is 3.32. The zero-order valence-corrected chi connectivity index (χ0v) is 15.7. The number of hydrogen-bond donors (Lipinski definition) is 1. The highest BCUT2D eigenvalue weighted by molar-refractivity contribution is 7.18. The van der Waals surface area contributed by atoms with Crippen molar-refractivity contribution in [3.63, 3.8) is 0 Å². The summed E-state index contributed by atoms with van der Waals surface area (Å²) in [7, 11) is 2.43. The van der Waals surface area contributed by atoms with Crippen molar-refractivity contribution < 1.29 is 33.4 Å². The fraction of sp³-hybridized carbons (Fsp3) is 0.222. The van der Waals surface area contributed by atoms with Gasteiger partial charge in [0, 0.05) is 5.56 Å². The van der Waals surface area contributed by atoms with Gasteiger partial charge in [-0.25, -0.2) is 9.59 Å². The molecule has 0 bridgehead atoms. The number of benzene rings is 1. The van der Waals surface area contributed by atoms with Crippen molar-refractivity contribution in [1.82, 2.24) is 0 Å². The van der Waals surface area contributed by atoms with Crippen LogP contribution in [0.25, 0.3) is 0 Å². The summed E-state index contributed by atoms with van der Waals surface area (Å²) in [5, 5.41) is 2.72. The van der Waals surface area contributed by atoms with Crippen LogP contribution in [0.2, 0.25) is 0 Å². The number of ether oxygens (including phenoxy) is 3. The molecule has 0 fully saturated rings. The maximum atomic E-state index is 12.2. The average Bonchev–Trinajstić information content (AvgIpc) is 3.01. The third-order valence-corrected chi connectivity index (χ3v) is 4.73. The number of amides is 1. The van der Waals surface area contributed by atoms with Gasteiger partial charge in [0.1, 0.15) is 21.9 Å². The van der Waals surface area contributed by atoms with Crippen LogP contribution in [0.15, 0.2) is 24.3 Å². The Kier molecular flexibility index (Phi) is 6.67. The number of thiophene rings is 1. The largest absolute Gasteiger partial charge is 0.484 e. The Morgan fingerprint density at radius 2 is 1.70 bits per heavy atom. The van der Waals surface area contributed by atoms with Gasteiger partial charge in [-0.2, -0.15) is 0 Å². The number of hydrogen-bond acceptors (Lipinski definition) is 8. The van der Waals surface area contributed by atoms with Gasteiger partial charge in [0.25, 0.3) is 5.91 Å². The fourth-order valence-electron chi connectivity index (χ4n) is 2.19. The predicted octanol–water partition coefficient (Wildman–Crippen LogP) is 2.46. The molecule has 0 aliphatic heterocycles. The molecular formula is C18H17NO7S. The molecule has 0 atom stereocenters. The van der Waals surface area contributed by atoms with Gasteiger partial charge in [0.2, 0.25) is 0 Å². The second-order valence-electron chi connectivity index (χ2n) is 5.27. The third-order valence-electron chi connectivity index (χ3n) is 3.55. The smallest absolute Gasteiger partial charge is 0.348 e. The van der Waals surface area contributed by atoms with Gasteiger partial charge in [-0.1, -0.05) is 0 Å². The summed E-state index contributed by atoms with van der Waals surface area (Å²) < 4.78 is 14.7. The highest BCUT2D eigenvalue weighted by atomic mass is 32.1. The lowest BCUT2D eigenvalue weighted by Crippen LogP contribution is -2.21. The van der Waals surface area contributed by atoms with E-state index in [1.54, 1.807) is 31.2 Å².